The number of aromatic hydroxyl groups is 2. The number of benzene rings is 6. The van der Waals surface area contributed by atoms with E-state index in [-0.39, 0.29) is 56.7 Å². The first-order valence-corrected chi connectivity index (χ1v) is 19.5. The zero-order valence-corrected chi connectivity index (χ0v) is 29.5. The molecule has 6 aromatic rings. The lowest BCUT2D eigenvalue weighted by Crippen LogP contribution is -2.00. The van der Waals surface area contributed by atoms with Crippen molar-refractivity contribution in [2.24, 2.45) is 20.5 Å². The number of hydrogen-bond acceptors (Lipinski definition) is 13. The Balaban J connectivity index is 1.33. The van der Waals surface area contributed by atoms with E-state index >= 15 is 0 Å². The van der Waals surface area contributed by atoms with Gasteiger partial charge in [0.1, 0.15) is 32.6 Å². The van der Waals surface area contributed by atoms with Crippen LogP contribution in [0, 0.1) is 0 Å². The van der Waals surface area contributed by atoms with Gasteiger partial charge >= 0.3 is 0 Å². The van der Waals surface area contributed by atoms with Gasteiger partial charge in [-0.3, -0.25) is 13.7 Å². The topological polar surface area (TPSA) is 262 Å². The summed E-state index contributed by atoms with van der Waals surface area (Å²) in [6.07, 6.45) is 0. The van der Waals surface area contributed by atoms with E-state index in [4.69, 9.17) is 4.74 Å². The van der Waals surface area contributed by atoms with E-state index in [0.717, 1.165) is 30.3 Å². The summed E-state index contributed by atoms with van der Waals surface area (Å²) < 4.78 is 106. The molecule has 0 atom stereocenters. The number of fused-ring (bicyclic) bond motifs is 2. The van der Waals surface area contributed by atoms with Crippen molar-refractivity contribution in [3.8, 4) is 28.4 Å². The highest BCUT2D eigenvalue weighted by atomic mass is 32.2. The van der Waals surface area contributed by atoms with Crippen LogP contribution < -0.4 is 4.74 Å². The lowest BCUT2D eigenvalue weighted by Gasteiger charge is -2.11. The lowest BCUT2D eigenvalue weighted by molar-refractivity contribution is 0.341. The Hall–Kier alpha value is -5.83. The second kappa shape index (κ2) is 14.0. The van der Waals surface area contributed by atoms with Crippen LogP contribution in [-0.2, 0) is 30.4 Å². The fourth-order valence-corrected chi connectivity index (χ4v) is 7.20. The van der Waals surface area contributed by atoms with E-state index in [1.807, 2.05) is 0 Å². The van der Waals surface area contributed by atoms with Crippen molar-refractivity contribution in [3.05, 3.63) is 97.1 Å². The van der Waals surface area contributed by atoms with Crippen LogP contribution >= 0.6 is 0 Å². The molecular formula is C34H26N4O12S3. The van der Waals surface area contributed by atoms with Crippen LogP contribution in [-0.4, -0.2) is 55.7 Å². The molecule has 0 fully saturated rings. The number of phenolic OH excluding ortho intramolecular Hbond substituents is 2. The number of rotatable bonds is 10. The molecule has 5 N–H and O–H groups in total. The standard InChI is InChI=1S/C34H26N4O12S3/c1-2-50-29-15-20(10-14-27(29)36-37-28-18-30(52(44,45)46)24-5-3-4-6-25(24)33(28)39)19-7-11-22(12-8-19)35-38-32-26-17-23(51(41,42)43)13-9-21(26)16-31(34(32)40)53(47,48)49/h3-18,39-40H,2H2,1H3,(H,41,42,43)(H,44,45,46)(H,47,48,49). The average Bonchev–Trinajstić information content (AvgIpc) is 3.10. The maximum absolute atomic E-state index is 12.1. The highest BCUT2D eigenvalue weighted by Gasteiger charge is 2.23. The van der Waals surface area contributed by atoms with Crippen molar-refractivity contribution < 1.29 is 53.9 Å². The van der Waals surface area contributed by atoms with Crippen molar-refractivity contribution in [1.29, 1.82) is 0 Å². The SMILES string of the molecule is CCOc1cc(-c2ccc(N=Nc3c(O)c(S(=O)(=O)O)cc4ccc(S(=O)(=O)O)cc34)cc2)ccc1N=Nc1cc(S(=O)(=O)O)c2ccccc2c1O. The fourth-order valence-electron chi connectivity index (χ4n) is 5.36. The van der Waals surface area contributed by atoms with Gasteiger partial charge in [0.05, 0.1) is 17.2 Å². The van der Waals surface area contributed by atoms with Gasteiger partial charge in [-0.1, -0.05) is 48.5 Å². The summed E-state index contributed by atoms with van der Waals surface area (Å²) in [5.41, 5.74) is 1.08. The minimum absolute atomic E-state index is 0.0668. The summed E-state index contributed by atoms with van der Waals surface area (Å²) in [5.74, 6) is -1.05. The molecule has 0 aliphatic heterocycles. The summed E-state index contributed by atoms with van der Waals surface area (Å²) in [7, 11) is -14.3. The van der Waals surface area contributed by atoms with Gasteiger partial charge < -0.3 is 14.9 Å². The van der Waals surface area contributed by atoms with Crippen molar-refractivity contribution in [2.75, 3.05) is 6.61 Å². The summed E-state index contributed by atoms with van der Waals surface area (Å²) in [6, 6.07) is 22.4. The Bertz CT molecular complexity index is 2840. The fraction of sp³-hybridized carbons (Fsp3) is 0.0588. The molecule has 6 aromatic carbocycles. The Morgan fingerprint density at radius 3 is 1.85 bits per heavy atom. The van der Waals surface area contributed by atoms with Crippen LogP contribution in [0.4, 0.5) is 22.7 Å². The first-order valence-electron chi connectivity index (χ1n) is 15.1. The molecule has 0 unspecified atom stereocenters. The predicted octanol–water partition coefficient (Wildman–Crippen LogP) is 8.04. The van der Waals surface area contributed by atoms with E-state index in [2.05, 4.69) is 20.5 Å². The van der Waals surface area contributed by atoms with Gasteiger partial charge in [0.15, 0.2) is 11.5 Å². The third kappa shape index (κ3) is 7.70. The molecule has 53 heavy (non-hydrogen) atoms. The summed E-state index contributed by atoms with van der Waals surface area (Å²) in [6.45, 7) is 1.99. The smallest absolute Gasteiger partial charge is 0.298 e. The van der Waals surface area contributed by atoms with Gasteiger partial charge in [-0.05, 0) is 72.0 Å². The average molecular weight is 779 g/mol. The number of nitrogens with zero attached hydrogens (tertiary/aromatic N) is 4. The second-order valence-corrected chi connectivity index (χ2v) is 15.4. The first-order chi connectivity index (χ1) is 25.0. The predicted molar refractivity (Wildman–Crippen MR) is 192 cm³/mol. The minimum Gasteiger partial charge on any atom is -0.505 e. The molecule has 0 amide bonds. The van der Waals surface area contributed by atoms with Crippen LogP contribution in [0.15, 0.2) is 132 Å². The Morgan fingerprint density at radius 2 is 1.21 bits per heavy atom. The lowest BCUT2D eigenvalue weighted by atomic mass is 10.0. The molecular weight excluding hydrogens is 753 g/mol. The molecule has 16 nitrogen and oxygen atoms in total. The molecule has 0 saturated heterocycles. The summed E-state index contributed by atoms with van der Waals surface area (Å²) >= 11 is 0. The van der Waals surface area contributed by atoms with Gasteiger partial charge in [-0.2, -0.15) is 30.4 Å². The molecule has 0 aliphatic carbocycles. The molecule has 0 saturated carbocycles. The summed E-state index contributed by atoms with van der Waals surface area (Å²) in [4.78, 5) is -1.90. The van der Waals surface area contributed by atoms with Gasteiger partial charge in [-0.15, -0.1) is 15.3 Å². The van der Waals surface area contributed by atoms with Crippen LogP contribution in [0.1, 0.15) is 6.92 Å². The maximum Gasteiger partial charge on any atom is 0.298 e. The molecule has 0 aromatic heterocycles. The monoisotopic (exact) mass is 778 g/mol. The van der Waals surface area contributed by atoms with Crippen LogP contribution in [0.5, 0.6) is 17.2 Å². The molecule has 0 bridgehead atoms. The summed E-state index contributed by atoms with van der Waals surface area (Å²) in [5, 5.41) is 38.0. The third-order valence-electron chi connectivity index (χ3n) is 7.83. The Labute approximate surface area is 301 Å². The van der Waals surface area contributed by atoms with Crippen molar-refractivity contribution >= 4 is 74.6 Å². The highest BCUT2D eigenvalue weighted by Crippen LogP contribution is 2.43. The molecule has 6 rings (SSSR count). The molecule has 0 aliphatic rings. The van der Waals surface area contributed by atoms with Crippen molar-refractivity contribution in [2.45, 2.75) is 21.6 Å². The van der Waals surface area contributed by atoms with Gasteiger partial charge in [-0.25, -0.2) is 0 Å². The van der Waals surface area contributed by atoms with Gasteiger partial charge in [0.2, 0.25) is 0 Å². The molecule has 0 heterocycles. The third-order valence-corrected chi connectivity index (χ3v) is 10.4. The van der Waals surface area contributed by atoms with E-state index in [1.54, 1.807) is 49.4 Å². The molecule has 19 heteroatoms. The zero-order chi connectivity index (χ0) is 38.3. The van der Waals surface area contributed by atoms with Crippen LogP contribution in [0.25, 0.3) is 32.7 Å². The zero-order valence-electron chi connectivity index (χ0n) is 27.1. The number of phenols is 2. The largest absolute Gasteiger partial charge is 0.505 e. The van der Waals surface area contributed by atoms with Crippen molar-refractivity contribution in [3.63, 3.8) is 0 Å². The second-order valence-electron chi connectivity index (χ2n) is 11.2. The van der Waals surface area contributed by atoms with E-state index in [1.165, 1.54) is 24.3 Å². The van der Waals surface area contributed by atoms with Gasteiger partial charge in [0, 0.05) is 16.2 Å². The maximum atomic E-state index is 12.1. The van der Waals surface area contributed by atoms with E-state index in [0.29, 0.717) is 11.1 Å². The van der Waals surface area contributed by atoms with Gasteiger partial charge in [0.25, 0.3) is 30.4 Å². The van der Waals surface area contributed by atoms with E-state index in [9.17, 15) is 49.1 Å². The first kappa shape index (κ1) is 36.9. The van der Waals surface area contributed by atoms with Crippen LogP contribution in [0.3, 0.4) is 0 Å². The quantitative estimate of drug-likeness (QED) is 0.0653. The molecule has 272 valence electrons. The Kier molecular flexibility index (Phi) is 9.73. The highest BCUT2D eigenvalue weighted by molar-refractivity contribution is 7.86. The minimum atomic E-state index is -4.94. The number of ether oxygens (including phenoxy) is 1. The van der Waals surface area contributed by atoms with E-state index < -0.39 is 56.5 Å². The molecule has 0 spiro atoms. The normalized spacial score (nSPS) is 12.7. The Morgan fingerprint density at radius 1 is 0.566 bits per heavy atom. The van der Waals surface area contributed by atoms with Crippen LogP contribution in [0.2, 0.25) is 0 Å². The van der Waals surface area contributed by atoms with Crippen molar-refractivity contribution in [1.82, 2.24) is 0 Å². The number of azo groups is 2. The molecule has 0 radical (unpaired) electrons. The number of hydrogen-bond donors (Lipinski definition) is 5.